The number of hydrogen-bond donors (Lipinski definition) is 1. The lowest BCUT2D eigenvalue weighted by molar-refractivity contribution is 0.340. The van der Waals surface area contributed by atoms with Gasteiger partial charge >= 0.3 is 0 Å². The predicted octanol–water partition coefficient (Wildman–Crippen LogP) is 6.95. The van der Waals surface area contributed by atoms with E-state index in [2.05, 4.69) is 26.2 Å². The van der Waals surface area contributed by atoms with Gasteiger partial charge in [-0.25, -0.2) is 0 Å². The van der Waals surface area contributed by atoms with Gasteiger partial charge in [0.15, 0.2) is 4.77 Å². The molecule has 1 heterocycles. The first kappa shape index (κ1) is 23.6. The molecular formula is C25H21BrN4O3S. The minimum absolute atomic E-state index is 0.105. The van der Waals surface area contributed by atoms with Gasteiger partial charge in [-0.2, -0.15) is 5.11 Å². The van der Waals surface area contributed by atoms with Crippen molar-refractivity contribution in [3.05, 3.63) is 98.0 Å². The van der Waals surface area contributed by atoms with E-state index in [1.165, 1.54) is 9.13 Å². The van der Waals surface area contributed by atoms with Gasteiger partial charge in [0.05, 0.1) is 23.7 Å². The highest BCUT2D eigenvalue weighted by Gasteiger charge is 2.19. The molecule has 0 unspecified atom stereocenters. The second-order valence-corrected chi connectivity index (χ2v) is 8.65. The van der Waals surface area contributed by atoms with E-state index in [1.807, 2.05) is 38.1 Å². The minimum Gasteiger partial charge on any atom is -0.494 e. The van der Waals surface area contributed by atoms with E-state index in [4.69, 9.17) is 17.0 Å². The summed E-state index contributed by atoms with van der Waals surface area (Å²) in [7, 11) is 0. The average Bonchev–Trinajstić information content (AvgIpc) is 2.82. The monoisotopic (exact) mass is 536 g/mol. The Hall–Kier alpha value is -3.56. The molecule has 0 fully saturated rings. The highest BCUT2D eigenvalue weighted by Crippen LogP contribution is 2.30. The molecule has 1 N–H and O–H groups in total. The van der Waals surface area contributed by atoms with Crippen LogP contribution in [-0.2, 0) is 0 Å². The van der Waals surface area contributed by atoms with Crippen LogP contribution < -0.4 is 10.3 Å². The molecule has 4 rings (SSSR count). The van der Waals surface area contributed by atoms with Crippen molar-refractivity contribution in [3.63, 3.8) is 0 Å². The maximum atomic E-state index is 13.4. The number of aryl methyl sites for hydroxylation is 1. The second kappa shape index (κ2) is 10.1. The third kappa shape index (κ3) is 4.85. The van der Waals surface area contributed by atoms with Crippen LogP contribution in [0.4, 0.5) is 11.4 Å². The van der Waals surface area contributed by atoms with Gasteiger partial charge < -0.3 is 9.84 Å². The lowest BCUT2D eigenvalue weighted by atomic mass is 10.2. The van der Waals surface area contributed by atoms with Crippen molar-refractivity contribution in [1.82, 2.24) is 9.13 Å². The van der Waals surface area contributed by atoms with E-state index >= 15 is 0 Å². The van der Waals surface area contributed by atoms with E-state index < -0.39 is 5.56 Å². The summed E-state index contributed by atoms with van der Waals surface area (Å²) in [6.07, 6.45) is 0. The summed E-state index contributed by atoms with van der Waals surface area (Å²) in [6.45, 7) is 4.41. The number of rotatable bonds is 6. The Labute approximate surface area is 209 Å². The van der Waals surface area contributed by atoms with Gasteiger partial charge in [-0.1, -0.05) is 33.6 Å². The molecule has 0 bridgehead atoms. The van der Waals surface area contributed by atoms with Crippen LogP contribution in [0.3, 0.4) is 0 Å². The number of ether oxygens (including phenoxy) is 1. The molecule has 0 radical (unpaired) electrons. The molecule has 9 heteroatoms. The van der Waals surface area contributed by atoms with Crippen molar-refractivity contribution in [2.24, 2.45) is 10.2 Å². The van der Waals surface area contributed by atoms with Crippen molar-refractivity contribution < 1.29 is 9.84 Å². The molecule has 0 atom stereocenters. The molecule has 7 nitrogen and oxygen atoms in total. The molecule has 0 amide bonds. The van der Waals surface area contributed by atoms with E-state index in [1.54, 1.807) is 48.5 Å². The van der Waals surface area contributed by atoms with Crippen molar-refractivity contribution in [3.8, 4) is 23.0 Å². The van der Waals surface area contributed by atoms with Crippen LogP contribution in [0, 0.1) is 11.7 Å². The summed E-state index contributed by atoms with van der Waals surface area (Å²) in [6, 6.07) is 21.5. The Morgan fingerprint density at radius 1 is 0.912 bits per heavy atom. The van der Waals surface area contributed by atoms with Crippen molar-refractivity contribution in [2.75, 3.05) is 6.61 Å². The molecule has 3 aromatic carbocycles. The van der Waals surface area contributed by atoms with Gasteiger partial charge in [0, 0.05) is 4.47 Å². The summed E-state index contributed by atoms with van der Waals surface area (Å²) in [5.74, 6) is 0.316. The smallest absolute Gasteiger partial charge is 0.290 e. The Balaban J connectivity index is 1.91. The van der Waals surface area contributed by atoms with Crippen molar-refractivity contribution >= 4 is 39.5 Å². The number of hydrogen-bond acceptors (Lipinski definition) is 6. The highest BCUT2D eigenvalue weighted by molar-refractivity contribution is 9.10. The van der Waals surface area contributed by atoms with Gasteiger partial charge in [0.1, 0.15) is 5.75 Å². The van der Waals surface area contributed by atoms with Crippen LogP contribution in [-0.4, -0.2) is 20.8 Å². The minimum atomic E-state index is -0.581. The molecule has 0 aliphatic carbocycles. The van der Waals surface area contributed by atoms with Gasteiger partial charge in [0.25, 0.3) is 5.56 Å². The first-order valence-corrected chi connectivity index (χ1v) is 11.7. The number of benzene rings is 3. The summed E-state index contributed by atoms with van der Waals surface area (Å²) in [4.78, 5) is 13.4. The van der Waals surface area contributed by atoms with Crippen molar-refractivity contribution in [1.29, 1.82) is 0 Å². The number of azo groups is 1. The van der Waals surface area contributed by atoms with Gasteiger partial charge in [-0.05, 0) is 86.7 Å². The predicted molar refractivity (Wildman–Crippen MR) is 138 cm³/mol. The SMILES string of the molecule is CCOc1ccc(N=Nc2c(O)n(-c3ccc(C)cc3)c(=S)n(-c3ccc(Br)cc3)c2=O)cc1. The van der Waals surface area contributed by atoms with E-state index in [-0.39, 0.29) is 16.3 Å². The largest absolute Gasteiger partial charge is 0.494 e. The molecular weight excluding hydrogens is 516 g/mol. The molecule has 34 heavy (non-hydrogen) atoms. The van der Waals surface area contributed by atoms with E-state index in [9.17, 15) is 9.90 Å². The lowest BCUT2D eigenvalue weighted by Gasteiger charge is -2.16. The maximum Gasteiger partial charge on any atom is 0.290 e. The lowest BCUT2D eigenvalue weighted by Crippen LogP contribution is -2.23. The van der Waals surface area contributed by atoms with E-state index in [0.29, 0.717) is 29.4 Å². The van der Waals surface area contributed by atoms with Gasteiger partial charge in [-0.15, -0.1) is 5.11 Å². The first-order valence-electron chi connectivity index (χ1n) is 10.5. The van der Waals surface area contributed by atoms with Gasteiger partial charge in [-0.3, -0.25) is 13.9 Å². The van der Waals surface area contributed by atoms with Crippen LogP contribution in [0.15, 0.2) is 92.3 Å². The van der Waals surface area contributed by atoms with Crippen LogP contribution in [0.25, 0.3) is 11.4 Å². The third-order valence-corrected chi connectivity index (χ3v) is 5.90. The molecule has 172 valence electrons. The fourth-order valence-electron chi connectivity index (χ4n) is 3.30. The molecule has 4 aromatic rings. The quantitative estimate of drug-likeness (QED) is 0.213. The maximum absolute atomic E-state index is 13.4. The Morgan fingerprint density at radius 2 is 1.50 bits per heavy atom. The Morgan fingerprint density at radius 3 is 2.12 bits per heavy atom. The molecule has 0 aliphatic heterocycles. The fourth-order valence-corrected chi connectivity index (χ4v) is 3.94. The molecule has 0 spiro atoms. The zero-order valence-corrected chi connectivity index (χ0v) is 20.9. The number of nitrogens with zero attached hydrogens (tertiary/aromatic N) is 4. The third-order valence-electron chi connectivity index (χ3n) is 5.00. The van der Waals surface area contributed by atoms with Crippen LogP contribution in [0.1, 0.15) is 12.5 Å². The molecule has 0 saturated carbocycles. The fraction of sp³-hybridized carbons (Fsp3) is 0.120. The zero-order valence-electron chi connectivity index (χ0n) is 18.5. The first-order chi connectivity index (χ1) is 16.4. The summed E-state index contributed by atoms with van der Waals surface area (Å²) < 4.78 is 9.13. The normalized spacial score (nSPS) is 11.1. The second-order valence-electron chi connectivity index (χ2n) is 7.37. The zero-order chi connectivity index (χ0) is 24.2. The highest BCUT2D eigenvalue weighted by atomic mass is 79.9. The molecule has 0 aliphatic rings. The summed E-state index contributed by atoms with van der Waals surface area (Å²) >= 11 is 9.04. The van der Waals surface area contributed by atoms with Gasteiger partial charge in [0.2, 0.25) is 11.6 Å². The van der Waals surface area contributed by atoms with E-state index in [0.717, 1.165) is 10.0 Å². The summed E-state index contributed by atoms with van der Waals surface area (Å²) in [5.41, 5.74) is 1.87. The van der Waals surface area contributed by atoms with Crippen LogP contribution in [0.5, 0.6) is 11.6 Å². The average molecular weight is 537 g/mol. The number of aromatic nitrogens is 2. The molecule has 0 saturated heterocycles. The van der Waals surface area contributed by atoms with Crippen LogP contribution >= 0.6 is 28.1 Å². The Bertz CT molecular complexity index is 1460. The summed E-state index contributed by atoms with van der Waals surface area (Å²) in [5, 5.41) is 19.4. The van der Waals surface area contributed by atoms with Crippen LogP contribution in [0.2, 0.25) is 0 Å². The topological polar surface area (TPSA) is 81.1 Å². The van der Waals surface area contributed by atoms with Crippen molar-refractivity contribution in [2.45, 2.75) is 13.8 Å². The standard InChI is InChI=1S/C25H21BrN4O3S/c1-3-33-21-14-8-18(9-15-21)27-28-22-23(31)29(19-10-4-16(2)5-11-19)25(34)30(24(22)32)20-12-6-17(26)7-13-20/h4-15,31H,3H2,1-2H3. The molecule has 1 aromatic heterocycles. The number of halogens is 1. The Kier molecular flexibility index (Phi) is 7.04. The number of aromatic hydroxyl groups is 1.